The Kier molecular flexibility index (Phi) is 3.71. The van der Waals surface area contributed by atoms with Crippen molar-refractivity contribution in [2.24, 2.45) is 0 Å². The van der Waals surface area contributed by atoms with E-state index in [-0.39, 0.29) is 5.78 Å². The fourth-order valence-corrected chi connectivity index (χ4v) is 2.31. The normalized spacial score (nSPS) is 26.4. The standard InChI is InChI=1S/C11H18IN2O2/c1-10(2)9(6-8(15)7-12)13(5)11(3,4)14(10)16/h6H,7H2,1-5H3/b9-6+. The zero-order chi connectivity index (χ0) is 12.7. The van der Waals surface area contributed by atoms with Gasteiger partial charge in [0.15, 0.2) is 5.78 Å². The highest BCUT2D eigenvalue weighted by molar-refractivity contribution is 14.1. The van der Waals surface area contributed by atoms with Gasteiger partial charge in [-0.15, -0.1) is 10.3 Å². The lowest BCUT2D eigenvalue weighted by molar-refractivity contribution is -0.256. The first-order valence-corrected chi connectivity index (χ1v) is 6.70. The number of hydrogen-bond donors (Lipinski definition) is 0. The molecular weight excluding hydrogens is 319 g/mol. The van der Waals surface area contributed by atoms with Gasteiger partial charge < -0.3 is 4.90 Å². The second kappa shape index (κ2) is 4.27. The molecule has 0 amide bonds. The number of alkyl halides is 1. The molecule has 0 aromatic rings. The molecule has 4 nitrogen and oxygen atoms in total. The summed E-state index contributed by atoms with van der Waals surface area (Å²) in [6.07, 6.45) is 1.59. The molecule has 0 unspecified atom stereocenters. The Morgan fingerprint density at radius 3 is 2.19 bits per heavy atom. The Morgan fingerprint density at radius 2 is 1.88 bits per heavy atom. The van der Waals surface area contributed by atoms with Crippen LogP contribution in [0.1, 0.15) is 27.7 Å². The molecule has 1 rings (SSSR count). The molecule has 0 atom stereocenters. The summed E-state index contributed by atoms with van der Waals surface area (Å²) in [4.78, 5) is 13.4. The van der Waals surface area contributed by atoms with Crippen molar-refractivity contribution < 1.29 is 10.0 Å². The molecule has 1 saturated heterocycles. The number of ketones is 1. The third kappa shape index (κ3) is 2.00. The van der Waals surface area contributed by atoms with Gasteiger partial charge in [0.25, 0.3) is 0 Å². The van der Waals surface area contributed by atoms with Gasteiger partial charge in [-0.2, -0.15) is 0 Å². The number of hydrogen-bond acceptors (Lipinski definition) is 3. The van der Waals surface area contributed by atoms with E-state index in [2.05, 4.69) is 0 Å². The van der Waals surface area contributed by atoms with Crippen molar-refractivity contribution in [2.75, 3.05) is 11.5 Å². The van der Waals surface area contributed by atoms with Crippen LogP contribution in [0.15, 0.2) is 11.8 Å². The zero-order valence-electron chi connectivity index (χ0n) is 10.4. The summed E-state index contributed by atoms with van der Waals surface area (Å²) in [5.74, 6) is 0.0432. The van der Waals surface area contributed by atoms with Crippen LogP contribution >= 0.6 is 22.6 Å². The SMILES string of the molecule is CN1/C(=C/C(=O)CI)C(C)(C)N([O])C1(C)C. The molecule has 0 aromatic heterocycles. The number of nitrogens with zero attached hydrogens (tertiary/aromatic N) is 2. The molecule has 0 saturated carbocycles. The Labute approximate surface area is 110 Å². The Bertz CT molecular complexity index is 337. The van der Waals surface area contributed by atoms with Crippen molar-refractivity contribution in [1.82, 2.24) is 9.96 Å². The number of rotatable bonds is 2. The third-order valence-corrected chi connectivity index (χ3v) is 3.99. The first-order chi connectivity index (χ1) is 7.15. The highest BCUT2D eigenvalue weighted by Gasteiger charge is 2.52. The van der Waals surface area contributed by atoms with E-state index in [0.29, 0.717) is 4.43 Å². The number of allylic oxidation sites excluding steroid dienone is 1. The van der Waals surface area contributed by atoms with Crippen molar-refractivity contribution in [3.63, 3.8) is 0 Å². The van der Waals surface area contributed by atoms with E-state index in [4.69, 9.17) is 0 Å². The minimum absolute atomic E-state index is 0.0432. The summed E-state index contributed by atoms with van der Waals surface area (Å²) in [5, 5.41) is 13.2. The maximum Gasteiger partial charge on any atom is 0.167 e. The molecule has 0 bridgehead atoms. The Morgan fingerprint density at radius 1 is 1.38 bits per heavy atom. The Balaban J connectivity index is 3.21. The lowest BCUT2D eigenvalue weighted by Crippen LogP contribution is -2.48. The number of carbonyl (C=O) groups excluding carboxylic acids is 1. The van der Waals surface area contributed by atoms with Crippen LogP contribution in [-0.4, -0.2) is 38.4 Å². The van der Waals surface area contributed by atoms with Gasteiger partial charge >= 0.3 is 0 Å². The zero-order valence-corrected chi connectivity index (χ0v) is 12.5. The Hall–Kier alpha value is -0.140. The molecule has 0 aromatic carbocycles. The van der Waals surface area contributed by atoms with Crippen LogP contribution < -0.4 is 0 Å². The number of hydroxylamine groups is 2. The van der Waals surface area contributed by atoms with Gasteiger partial charge in [-0.1, -0.05) is 22.6 Å². The summed E-state index contributed by atoms with van der Waals surface area (Å²) < 4.78 is 0.435. The smallest absolute Gasteiger partial charge is 0.167 e. The lowest BCUT2D eigenvalue weighted by Gasteiger charge is -2.32. The lowest BCUT2D eigenvalue weighted by atomic mass is 10.0. The average Bonchev–Trinajstić information content (AvgIpc) is 2.31. The van der Waals surface area contributed by atoms with Crippen LogP contribution in [0.4, 0.5) is 0 Å². The van der Waals surface area contributed by atoms with Crippen LogP contribution in [0.5, 0.6) is 0 Å². The first kappa shape index (κ1) is 13.9. The molecule has 5 heteroatoms. The predicted molar refractivity (Wildman–Crippen MR) is 70.4 cm³/mol. The average molecular weight is 337 g/mol. The maximum atomic E-state index is 12.2. The van der Waals surface area contributed by atoms with Crippen molar-refractivity contribution in [3.05, 3.63) is 11.8 Å². The number of carbonyl (C=O) groups is 1. The predicted octanol–water partition coefficient (Wildman–Crippen LogP) is 1.98. The van der Waals surface area contributed by atoms with Crippen LogP contribution in [0.2, 0.25) is 0 Å². The monoisotopic (exact) mass is 337 g/mol. The molecule has 0 aliphatic carbocycles. The van der Waals surface area contributed by atoms with E-state index >= 15 is 0 Å². The van der Waals surface area contributed by atoms with E-state index in [1.54, 1.807) is 6.08 Å². The van der Waals surface area contributed by atoms with E-state index in [0.717, 1.165) is 10.8 Å². The minimum Gasteiger partial charge on any atom is -0.356 e. The summed E-state index contributed by atoms with van der Waals surface area (Å²) in [7, 11) is 1.85. The molecule has 1 aliphatic heterocycles. The van der Waals surface area contributed by atoms with Gasteiger partial charge in [0.05, 0.1) is 9.97 Å². The van der Waals surface area contributed by atoms with E-state index in [9.17, 15) is 10.0 Å². The maximum absolute atomic E-state index is 12.2. The minimum atomic E-state index is -0.653. The van der Waals surface area contributed by atoms with Gasteiger partial charge in [-0.3, -0.25) is 4.79 Å². The van der Waals surface area contributed by atoms with E-state index < -0.39 is 11.2 Å². The van der Waals surface area contributed by atoms with Crippen LogP contribution in [0.25, 0.3) is 0 Å². The number of likely N-dealkylation sites (N-methyl/N-ethyl adjacent to an activating group) is 1. The molecule has 0 N–H and O–H groups in total. The quantitative estimate of drug-likeness (QED) is 0.440. The fourth-order valence-electron chi connectivity index (χ4n) is 2.09. The van der Waals surface area contributed by atoms with Crippen molar-refractivity contribution in [2.45, 2.75) is 38.9 Å². The summed E-state index contributed by atoms with van der Waals surface area (Å²) in [6.45, 7) is 7.41. The molecule has 0 spiro atoms. The van der Waals surface area contributed by atoms with Gasteiger partial charge in [-0.05, 0) is 27.7 Å². The first-order valence-electron chi connectivity index (χ1n) is 5.18. The molecule has 91 valence electrons. The van der Waals surface area contributed by atoms with Crippen molar-refractivity contribution in [3.8, 4) is 0 Å². The van der Waals surface area contributed by atoms with Crippen LogP contribution in [0.3, 0.4) is 0 Å². The molecule has 1 radical (unpaired) electrons. The second-order valence-electron chi connectivity index (χ2n) is 5.04. The fraction of sp³-hybridized carbons (Fsp3) is 0.727. The highest BCUT2D eigenvalue weighted by Crippen LogP contribution is 2.42. The van der Waals surface area contributed by atoms with Crippen LogP contribution in [-0.2, 0) is 10.0 Å². The summed E-state index contributed by atoms with van der Waals surface area (Å²) in [6, 6.07) is 0. The summed E-state index contributed by atoms with van der Waals surface area (Å²) in [5.41, 5.74) is -0.477. The topological polar surface area (TPSA) is 43.5 Å². The highest BCUT2D eigenvalue weighted by atomic mass is 127. The molecular formula is C11H18IN2O2. The van der Waals surface area contributed by atoms with Gasteiger partial charge in [0, 0.05) is 18.8 Å². The largest absolute Gasteiger partial charge is 0.356 e. The second-order valence-corrected chi connectivity index (χ2v) is 5.80. The summed E-state index contributed by atoms with van der Waals surface area (Å²) >= 11 is 2.03. The third-order valence-electron chi connectivity index (χ3n) is 3.24. The molecule has 1 aliphatic rings. The van der Waals surface area contributed by atoms with E-state index in [1.165, 1.54) is 0 Å². The van der Waals surface area contributed by atoms with Gasteiger partial charge in [0.2, 0.25) is 0 Å². The molecule has 1 fully saturated rings. The number of halogens is 1. The van der Waals surface area contributed by atoms with E-state index in [1.807, 2.05) is 62.2 Å². The van der Waals surface area contributed by atoms with Crippen molar-refractivity contribution >= 4 is 28.4 Å². The van der Waals surface area contributed by atoms with Crippen LogP contribution in [0, 0.1) is 0 Å². The molecule has 16 heavy (non-hydrogen) atoms. The molecule has 1 heterocycles. The van der Waals surface area contributed by atoms with Crippen molar-refractivity contribution in [1.29, 1.82) is 0 Å². The van der Waals surface area contributed by atoms with Gasteiger partial charge in [-0.25, -0.2) is 0 Å². The van der Waals surface area contributed by atoms with Gasteiger partial charge in [0.1, 0.15) is 5.66 Å².